The highest BCUT2D eigenvalue weighted by molar-refractivity contribution is 7.54. The van der Waals surface area contributed by atoms with Gasteiger partial charge in [-0.05, 0) is 20.8 Å². The van der Waals surface area contributed by atoms with Crippen LogP contribution in [-0.2, 0) is 32.9 Å². The molecular formula is C22H36N7O10P. The monoisotopic (exact) mass is 589 g/mol. The van der Waals surface area contributed by atoms with Gasteiger partial charge in [-0.2, -0.15) is 9.97 Å². The van der Waals surface area contributed by atoms with E-state index >= 15 is 0 Å². The minimum Gasteiger partial charge on any atom is -0.479 e. The number of esters is 2. The lowest BCUT2D eigenvalue weighted by Gasteiger charge is -2.27. The number of imidazole rings is 1. The van der Waals surface area contributed by atoms with Gasteiger partial charge in [0, 0.05) is 13.1 Å². The Labute approximate surface area is 230 Å². The van der Waals surface area contributed by atoms with Crippen LogP contribution in [0, 0.1) is 0 Å². The number of carbonyl (C=O) groups excluding carboxylic acids is 2. The third-order valence-electron chi connectivity index (χ3n) is 5.94. The number of hydrogen-bond donors (Lipinski definition) is 5. The number of aliphatic hydroxyl groups is 2. The second-order valence-corrected chi connectivity index (χ2v) is 10.9. The zero-order valence-electron chi connectivity index (χ0n) is 22.7. The number of fused-ring (bicyclic) bond motifs is 1. The molecular weight excluding hydrogens is 553 g/mol. The number of rotatable bonds is 15. The van der Waals surface area contributed by atoms with Crippen LogP contribution in [0.2, 0.25) is 0 Å². The molecule has 18 heteroatoms. The number of aromatic nitrogens is 4. The fourth-order valence-electron chi connectivity index (χ4n) is 4.00. The lowest BCUT2D eigenvalue weighted by molar-refractivity contribution is -0.143. The second-order valence-electron chi connectivity index (χ2n) is 8.89. The maximum atomic E-state index is 13.5. The molecule has 1 aliphatic heterocycles. The third kappa shape index (κ3) is 7.42. The molecule has 6 N–H and O–H groups in total. The van der Waals surface area contributed by atoms with E-state index in [9.17, 15) is 24.4 Å². The minimum absolute atomic E-state index is 0.0685. The van der Waals surface area contributed by atoms with Crippen molar-refractivity contribution in [3.05, 3.63) is 6.33 Å². The van der Waals surface area contributed by atoms with Crippen molar-refractivity contribution in [2.75, 3.05) is 45.8 Å². The summed E-state index contributed by atoms with van der Waals surface area (Å²) in [5.41, 5.74) is 4.35. The van der Waals surface area contributed by atoms with Gasteiger partial charge in [0.25, 0.3) is 0 Å². The van der Waals surface area contributed by atoms with Crippen LogP contribution >= 0.6 is 7.67 Å². The molecule has 1 unspecified atom stereocenters. The van der Waals surface area contributed by atoms with Crippen molar-refractivity contribution in [2.24, 2.45) is 0 Å². The Kier molecular flexibility index (Phi) is 10.8. The van der Waals surface area contributed by atoms with E-state index in [0.717, 1.165) is 0 Å². The van der Waals surface area contributed by atoms with E-state index < -0.39 is 50.3 Å². The molecule has 224 valence electrons. The zero-order valence-corrected chi connectivity index (χ0v) is 23.6. The average molecular weight is 590 g/mol. The molecule has 1 saturated heterocycles. The maximum Gasteiger partial charge on any atom is 0.340 e. The van der Waals surface area contributed by atoms with Crippen LogP contribution in [0.5, 0.6) is 5.88 Å². The summed E-state index contributed by atoms with van der Waals surface area (Å²) >= 11 is 0. The van der Waals surface area contributed by atoms with Crippen molar-refractivity contribution >= 4 is 36.7 Å². The standard InChI is InChI=1S/C22H36N7O10P/c1-5-36-14(30)7-9-25-40(34,26-10-8-15(31)37-6-2)38-11-13-17(32)22(3,33)20(39-13)29-12-24-16-18(29)27-21(23)28-19(16)35-4/h12-13,17,20,32-33H,5-11H2,1-4H3,(H2,23,27,28)(H2,25,26,34)/t13-,17?,20-,22+/m1/s1. The van der Waals surface area contributed by atoms with Gasteiger partial charge in [0.1, 0.15) is 17.8 Å². The summed E-state index contributed by atoms with van der Waals surface area (Å²) in [6, 6.07) is 0. The fourth-order valence-corrected chi connectivity index (χ4v) is 5.46. The Balaban J connectivity index is 1.74. The SMILES string of the molecule is CCOC(=O)CCNP(=O)(NCCC(=O)OCC)OC[C@H]1O[C@@H](n2cnc3c(OC)nc(N)nc32)[C@@](C)(O)C1O. The van der Waals surface area contributed by atoms with E-state index in [1.807, 2.05) is 0 Å². The van der Waals surface area contributed by atoms with Gasteiger partial charge >= 0.3 is 19.6 Å². The van der Waals surface area contributed by atoms with E-state index in [2.05, 4.69) is 25.1 Å². The maximum absolute atomic E-state index is 13.5. The van der Waals surface area contributed by atoms with Crippen LogP contribution in [0.25, 0.3) is 11.2 Å². The molecule has 1 fully saturated rings. The number of anilines is 1. The van der Waals surface area contributed by atoms with Gasteiger partial charge in [0.05, 0.1) is 46.1 Å². The summed E-state index contributed by atoms with van der Waals surface area (Å²) in [7, 11) is -2.50. The molecule has 3 heterocycles. The van der Waals surface area contributed by atoms with Crippen molar-refractivity contribution in [3.63, 3.8) is 0 Å². The molecule has 1 aliphatic rings. The van der Waals surface area contributed by atoms with Crippen molar-refractivity contribution in [1.29, 1.82) is 0 Å². The van der Waals surface area contributed by atoms with Gasteiger partial charge in [-0.3, -0.25) is 18.7 Å². The molecule has 40 heavy (non-hydrogen) atoms. The molecule has 2 aromatic heterocycles. The van der Waals surface area contributed by atoms with Crippen LogP contribution in [0.3, 0.4) is 0 Å². The van der Waals surface area contributed by atoms with E-state index in [1.165, 1.54) is 24.9 Å². The Hall–Kier alpha value is -2.92. The van der Waals surface area contributed by atoms with Crippen LogP contribution in [0.15, 0.2) is 6.33 Å². The molecule has 3 rings (SSSR count). The normalized spacial score (nSPS) is 22.9. The largest absolute Gasteiger partial charge is 0.479 e. The summed E-state index contributed by atoms with van der Waals surface area (Å²) < 4.78 is 41.3. The minimum atomic E-state index is -3.89. The molecule has 0 amide bonds. The highest BCUT2D eigenvalue weighted by Gasteiger charge is 2.54. The quantitative estimate of drug-likeness (QED) is 0.132. The van der Waals surface area contributed by atoms with Gasteiger partial charge in [-0.15, -0.1) is 0 Å². The predicted octanol–water partition coefficient (Wildman–Crippen LogP) is -0.363. The number of carbonyl (C=O) groups is 2. The summed E-state index contributed by atoms with van der Waals surface area (Å²) in [4.78, 5) is 35.7. The van der Waals surface area contributed by atoms with E-state index in [0.29, 0.717) is 0 Å². The Bertz CT molecular complexity index is 1200. The Morgan fingerprint density at radius 2 is 1.77 bits per heavy atom. The van der Waals surface area contributed by atoms with Gasteiger partial charge in [0.15, 0.2) is 17.4 Å². The van der Waals surface area contributed by atoms with Crippen molar-refractivity contribution in [1.82, 2.24) is 29.7 Å². The zero-order chi connectivity index (χ0) is 29.5. The van der Waals surface area contributed by atoms with E-state index in [-0.39, 0.29) is 62.1 Å². The number of nitrogens with two attached hydrogens (primary N) is 1. The summed E-state index contributed by atoms with van der Waals surface area (Å²) in [6.07, 6.45) is -2.72. The number of methoxy groups -OCH3 is 1. The van der Waals surface area contributed by atoms with Crippen LogP contribution < -0.4 is 20.6 Å². The smallest absolute Gasteiger partial charge is 0.340 e. The fraction of sp³-hybridized carbons (Fsp3) is 0.682. The number of ether oxygens (including phenoxy) is 4. The lowest BCUT2D eigenvalue weighted by atomic mass is 9.96. The van der Waals surface area contributed by atoms with Gasteiger partial charge in [-0.1, -0.05) is 0 Å². The predicted molar refractivity (Wildman–Crippen MR) is 139 cm³/mol. The summed E-state index contributed by atoms with van der Waals surface area (Å²) in [5.74, 6) is -0.999. The van der Waals surface area contributed by atoms with Gasteiger partial charge in [0.2, 0.25) is 11.8 Å². The topological polar surface area (TPSA) is 232 Å². The highest BCUT2D eigenvalue weighted by Crippen LogP contribution is 2.43. The molecule has 2 aromatic rings. The Morgan fingerprint density at radius 3 is 2.33 bits per heavy atom. The summed E-state index contributed by atoms with van der Waals surface area (Å²) in [6.45, 7) is 4.48. The number of nitrogen functional groups attached to an aromatic ring is 1. The number of hydrogen-bond acceptors (Lipinski definition) is 14. The van der Waals surface area contributed by atoms with Crippen LogP contribution in [-0.4, -0.2) is 99.5 Å². The van der Waals surface area contributed by atoms with E-state index in [1.54, 1.807) is 13.8 Å². The van der Waals surface area contributed by atoms with Crippen molar-refractivity contribution in [3.8, 4) is 5.88 Å². The molecule has 17 nitrogen and oxygen atoms in total. The molecule has 0 aromatic carbocycles. The first-order valence-electron chi connectivity index (χ1n) is 12.6. The van der Waals surface area contributed by atoms with Gasteiger partial charge < -0.3 is 39.4 Å². The molecule has 0 aliphatic carbocycles. The van der Waals surface area contributed by atoms with Crippen LogP contribution in [0.4, 0.5) is 5.95 Å². The average Bonchev–Trinajstić information content (AvgIpc) is 3.40. The van der Waals surface area contributed by atoms with Gasteiger partial charge in [-0.25, -0.2) is 15.2 Å². The van der Waals surface area contributed by atoms with Crippen molar-refractivity contribution in [2.45, 2.75) is 57.6 Å². The number of aliphatic hydroxyl groups excluding tert-OH is 1. The summed E-state index contributed by atoms with van der Waals surface area (Å²) in [5, 5.41) is 27.4. The Morgan fingerprint density at radius 1 is 1.18 bits per heavy atom. The molecule has 4 atom stereocenters. The first kappa shape index (κ1) is 31.6. The first-order chi connectivity index (χ1) is 19.0. The number of nitrogens with one attached hydrogen (secondary N) is 2. The molecule has 0 saturated carbocycles. The van der Waals surface area contributed by atoms with Crippen molar-refractivity contribution < 1.29 is 47.8 Å². The third-order valence-corrected chi connectivity index (χ3v) is 7.73. The highest BCUT2D eigenvalue weighted by atomic mass is 31.2. The molecule has 0 bridgehead atoms. The molecule has 0 spiro atoms. The lowest BCUT2D eigenvalue weighted by Crippen LogP contribution is -2.44. The number of nitrogens with zero attached hydrogens (tertiary/aromatic N) is 4. The van der Waals surface area contributed by atoms with E-state index in [4.69, 9.17) is 29.2 Å². The first-order valence-corrected chi connectivity index (χ1v) is 14.2. The second kappa shape index (κ2) is 13.6. The van der Waals surface area contributed by atoms with Crippen LogP contribution in [0.1, 0.15) is 39.8 Å². The molecule has 0 radical (unpaired) electrons.